The number of primary amides is 1. The van der Waals surface area contributed by atoms with Crippen LogP contribution in [0.4, 0.5) is 0 Å². The van der Waals surface area contributed by atoms with Crippen LogP contribution in [0.2, 0.25) is 0 Å². The van der Waals surface area contributed by atoms with E-state index in [0.29, 0.717) is 35.1 Å². The van der Waals surface area contributed by atoms with Crippen LogP contribution in [0.5, 0.6) is 5.75 Å². The first-order chi connectivity index (χ1) is 18.4. The molecule has 5 rings (SSSR count). The Labute approximate surface area is 219 Å². The molecular weight excluding hydrogens is 480 g/mol. The first-order valence-electron chi connectivity index (χ1n) is 11.9. The standard InChI is InChI=1S/C30H24N4O4/c1-19-25(30(36)37)17-32-34(19)28-8-4-6-26(33-28)24-5-2-3-7-27(24)38-18-20-9-11-21(12-10-20)22-13-15-23(16-14-22)29(31)35/h2-17H,18H2,1H3,(H2,31,35)(H,36,37). The molecule has 5 aromatic rings. The highest BCUT2D eigenvalue weighted by atomic mass is 16.5. The molecule has 0 unspecified atom stereocenters. The van der Waals surface area contributed by atoms with E-state index in [1.807, 2.05) is 72.8 Å². The molecule has 0 atom stereocenters. The van der Waals surface area contributed by atoms with Crippen molar-refractivity contribution in [2.45, 2.75) is 13.5 Å². The lowest BCUT2D eigenvalue weighted by Crippen LogP contribution is -2.10. The van der Waals surface area contributed by atoms with Crippen LogP contribution in [0, 0.1) is 6.92 Å². The van der Waals surface area contributed by atoms with Crippen molar-refractivity contribution in [2.24, 2.45) is 5.73 Å². The van der Waals surface area contributed by atoms with Gasteiger partial charge in [-0.2, -0.15) is 5.10 Å². The number of nitrogens with zero attached hydrogens (tertiary/aromatic N) is 3. The zero-order chi connectivity index (χ0) is 26.6. The summed E-state index contributed by atoms with van der Waals surface area (Å²) in [6, 6.07) is 28.3. The van der Waals surface area contributed by atoms with Crippen LogP contribution in [-0.2, 0) is 6.61 Å². The lowest BCUT2D eigenvalue weighted by atomic mass is 10.0. The zero-order valence-electron chi connectivity index (χ0n) is 20.5. The number of para-hydroxylation sites is 1. The summed E-state index contributed by atoms with van der Waals surface area (Å²) in [5, 5.41) is 13.5. The van der Waals surface area contributed by atoms with Crippen molar-refractivity contribution in [3.63, 3.8) is 0 Å². The van der Waals surface area contributed by atoms with Crippen LogP contribution >= 0.6 is 0 Å². The summed E-state index contributed by atoms with van der Waals surface area (Å²) in [6.07, 6.45) is 1.32. The van der Waals surface area contributed by atoms with E-state index in [2.05, 4.69) is 5.10 Å². The summed E-state index contributed by atoms with van der Waals surface area (Å²) in [5.74, 6) is -0.291. The maximum Gasteiger partial charge on any atom is 0.339 e. The Morgan fingerprint density at radius 1 is 0.895 bits per heavy atom. The molecule has 188 valence electrons. The predicted octanol–water partition coefficient (Wildman–Crippen LogP) is 5.29. The molecule has 8 heteroatoms. The number of pyridine rings is 1. The molecule has 2 heterocycles. The average molecular weight is 505 g/mol. The molecule has 0 saturated carbocycles. The molecule has 0 aliphatic rings. The molecule has 0 saturated heterocycles. The lowest BCUT2D eigenvalue weighted by Gasteiger charge is -2.13. The number of amides is 1. The molecule has 38 heavy (non-hydrogen) atoms. The third kappa shape index (κ3) is 5.01. The number of carboxylic acids is 1. The predicted molar refractivity (Wildman–Crippen MR) is 143 cm³/mol. The highest BCUT2D eigenvalue weighted by Crippen LogP contribution is 2.30. The summed E-state index contributed by atoms with van der Waals surface area (Å²) in [5.41, 5.74) is 10.9. The van der Waals surface area contributed by atoms with Gasteiger partial charge in [-0.25, -0.2) is 14.5 Å². The van der Waals surface area contributed by atoms with E-state index < -0.39 is 11.9 Å². The number of carbonyl (C=O) groups excluding carboxylic acids is 1. The number of hydrogen-bond donors (Lipinski definition) is 2. The monoisotopic (exact) mass is 504 g/mol. The molecule has 0 aliphatic carbocycles. The van der Waals surface area contributed by atoms with Gasteiger partial charge in [0.05, 0.1) is 17.6 Å². The minimum Gasteiger partial charge on any atom is -0.488 e. The normalized spacial score (nSPS) is 10.8. The number of carboxylic acid groups (broad SMARTS) is 1. The lowest BCUT2D eigenvalue weighted by molar-refractivity contribution is 0.0695. The largest absolute Gasteiger partial charge is 0.488 e. The summed E-state index contributed by atoms with van der Waals surface area (Å²) >= 11 is 0. The van der Waals surface area contributed by atoms with Crippen molar-refractivity contribution < 1.29 is 19.4 Å². The fourth-order valence-corrected chi connectivity index (χ4v) is 4.13. The maximum absolute atomic E-state index is 11.4. The fourth-order valence-electron chi connectivity index (χ4n) is 4.13. The zero-order valence-corrected chi connectivity index (χ0v) is 20.5. The van der Waals surface area contributed by atoms with Crippen molar-refractivity contribution in [3.8, 4) is 34.0 Å². The van der Waals surface area contributed by atoms with Gasteiger partial charge in [-0.1, -0.05) is 54.6 Å². The maximum atomic E-state index is 11.4. The number of hydrogen-bond acceptors (Lipinski definition) is 5. The molecular formula is C30H24N4O4. The summed E-state index contributed by atoms with van der Waals surface area (Å²) in [6.45, 7) is 2.06. The molecule has 1 amide bonds. The summed E-state index contributed by atoms with van der Waals surface area (Å²) in [7, 11) is 0. The van der Waals surface area contributed by atoms with Gasteiger partial charge in [-0.05, 0) is 60.0 Å². The first kappa shape index (κ1) is 24.5. The number of aromatic nitrogens is 3. The SMILES string of the molecule is Cc1c(C(=O)O)cnn1-c1cccc(-c2ccccc2OCc2ccc(-c3ccc(C(N)=O)cc3)cc2)n1. The van der Waals surface area contributed by atoms with E-state index in [4.69, 9.17) is 15.5 Å². The van der Waals surface area contributed by atoms with Gasteiger partial charge in [0.2, 0.25) is 5.91 Å². The molecule has 8 nitrogen and oxygen atoms in total. The highest BCUT2D eigenvalue weighted by Gasteiger charge is 2.16. The molecule has 0 radical (unpaired) electrons. The van der Waals surface area contributed by atoms with Crippen molar-refractivity contribution >= 4 is 11.9 Å². The number of nitrogens with two attached hydrogens (primary N) is 1. The van der Waals surface area contributed by atoms with Crippen LogP contribution in [0.1, 0.15) is 32.0 Å². The Balaban J connectivity index is 1.34. The summed E-state index contributed by atoms with van der Waals surface area (Å²) in [4.78, 5) is 27.4. The number of carbonyl (C=O) groups is 2. The second kappa shape index (κ2) is 10.4. The van der Waals surface area contributed by atoms with E-state index in [9.17, 15) is 14.7 Å². The van der Waals surface area contributed by atoms with Crippen LogP contribution < -0.4 is 10.5 Å². The second-order valence-corrected chi connectivity index (χ2v) is 8.66. The molecule has 3 aromatic carbocycles. The number of aromatic carboxylic acids is 1. The molecule has 0 bridgehead atoms. The van der Waals surface area contributed by atoms with Crippen LogP contribution in [0.15, 0.2) is 97.2 Å². The van der Waals surface area contributed by atoms with Crippen LogP contribution in [0.25, 0.3) is 28.2 Å². The Morgan fingerprint density at radius 3 is 2.24 bits per heavy atom. The minimum absolute atomic E-state index is 0.134. The molecule has 0 aliphatic heterocycles. The van der Waals surface area contributed by atoms with Gasteiger partial charge in [0.1, 0.15) is 17.9 Å². The van der Waals surface area contributed by atoms with Gasteiger partial charge in [0, 0.05) is 11.1 Å². The van der Waals surface area contributed by atoms with Gasteiger partial charge in [0.15, 0.2) is 5.82 Å². The van der Waals surface area contributed by atoms with Gasteiger partial charge in [-0.3, -0.25) is 4.79 Å². The van der Waals surface area contributed by atoms with Crippen molar-refractivity contribution in [2.75, 3.05) is 0 Å². The minimum atomic E-state index is -1.03. The average Bonchev–Trinajstić information content (AvgIpc) is 3.34. The van der Waals surface area contributed by atoms with E-state index in [-0.39, 0.29) is 5.56 Å². The highest BCUT2D eigenvalue weighted by molar-refractivity contribution is 5.93. The van der Waals surface area contributed by atoms with Crippen molar-refractivity contribution in [1.82, 2.24) is 14.8 Å². The number of benzene rings is 3. The first-order valence-corrected chi connectivity index (χ1v) is 11.9. The van der Waals surface area contributed by atoms with E-state index in [1.165, 1.54) is 10.9 Å². The molecule has 0 spiro atoms. The Kier molecular flexibility index (Phi) is 6.69. The Hall–Kier alpha value is -5.24. The molecule has 0 fully saturated rings. The van der Waals surface area contributed by atoms with Gasteiger partial charge in [0.25, 0.3) is 0 Å². The van der Waals surface area contributed by atoms with E-state index in [1.54, 1.807) is 25.1 Å². The number of ether oxygens (including phenoxy) is 1. The van der Waals surface area contributed by atoms with E-state index >= 15 is 0 Å². The van der Waals surface area contributed by atoms with Crippen LogP contribution in [-0.4, -0.2) is 31.7 Å². The topological polar surface area (TPSA) is 120 Å². The number of rotatable bonds is 8. The summed E-state index contributed by atoms with van der Waals surface area (Å²) < 4.78 is 7.69. The third-order valence-corrected chi connectivity index (χ3v) is 6.21. The molecule has 2 aromatic heterocycles. The Morgan fingerprint density at radius 2 is 1.58 bits per heavy atom. The Bertz CT molecular complexity index is 1620. The molecule has 3 N–H and O–H groups in total. The fraction of sp³-hybridized carbons (Fsp3) is 0.0667. The smallest absolute Gasteiger partial charge is 0.339 e. The van der Waals surface area contributed by atoms with Crippen molar-refractivity contribution in [1.29, 1.82) is 0 Å². The van der Waals surface area contributed by atoms with E-state index in [0.717, 1.165) is 22.3 Å². The van der Waals surface area contributed by atoms with Crippen molar-refractivity contribution in [3.05, 3.63) is 120 Å². The van der Waals surface area contributed by atoms with Gasteiger partial charge >= 0.3 is 5.97 Å². The second-order valence-electron chi connectivity index (χ2n) is 8.66. The third-order valence-electron chi connectivity index (χ3n) is 6.21. The quantitative estimate of drug-likeness (QED) is 0.296. The van der Waals surface area contributed by atoms with Crippen LogP contribution in [0.3, 0.4) is 0 Å². The van der Waals surface area contributed by atoms with Gasteiger partial charge < -0.3 is 15.6 Å². The van der Waals surface area contributed by atoms with Gasteiger partial charge in [-0.15, -0.1) is 0 Å².